The van der Waals surface area contributed by atoms with Crippen molar-refractivity contribution in [1.29, 1.82) is 0 Å². The number of hydrogen-bond donors (Lipinski definition) is 2. The molecule has 2 atom stereocenters. The predicted octanol–water partition coefficient (Wildman–Crippen LogP) is 2.61. The van der Waals surface area contributed by atoms with Gasteiger partial charge in [0, 0.05) is 6.04 Å². The average Bonchev–Trinajstić information content (AvgIpc) is 3.34. The molecule has 0 aromatic heterocycles. The highest BCUT2D eigenvalue weighted by atomic mass is 16.5. The maximum Gasteiger partial charge on any atom is 0.408 e. The molecule has 2 N–H and O–H groups in total. The molecule has 0 heterocycles. The number of amides is 2. The molecule has 5 heteroatoms. The topological polar surface area (TPSA) is 67.4 Å². The standard InChI is InChI=1S/C17H24N2O3/c1-3-12(2)15(16(20)18-14-9-10-14)19-17(21)22-11-13-7-5-4-6-8-13/h4-8,12,14-15H,3,9-11H2,1-2H3,(H,18,20)(H,19,21)/t12-,15-/m0/s1. The number of benzene rings is 1. The molecular formula is C17H24N2O3. The van der Waals surface area contributed by atoms with Crippen LogP contribution in [0.5, 0.6) is 0 Å². The van der Waals surface area contributed by atoms with Crippen molar-refractivity contribution in [3.8, 4) is 0 Å². The lowest BCUT2D eigenvalue weighted by Crippen LogP contribution is -2.50. The van der Waals surface area contributed by atoms with E-state index in [4.69, 9.17) is 4.74 Å². The molecule has 2 rings (SSSR count). The largest absolute Gasteiger partial charge is 0.445 e. The van der Waals surface area contributed by atoms with Crippen LogP contribution in [-0.4, -0.2) is 24.1 Å². The van der Waals surface area contributed by atoms with Gasteiger partial charge in [-0.2, -0.15) is 0 Å². The van der Waals surface area contributed by atoms with Crippen LogP contribution in [0.3, 0.4) is 0 Å². The van der Waals surface area contributed by atoms with Gasteiger partial charge in [-0.05, 0) is 24.3 Å². The van der Waals surface area contributed by atoms with Crippen LogP contribution in [0.15, 0.2) is 30.3 Å². The zero-order valence-corrected chi connectivity index (χ0v) is 13.2. The Kier molecular flexibility index (Phi) is 5.81. The van der Waals surface area contributed by atoms with E-state index in [-0.39, 0.29) is 24.5 Å². The maximum absolute atomic E-state index is 12.2. The van der Waals surface area contributed by atoms with Gasteiger partial charge in [0.15, 0.2) is 0 Å². The molecule has 1 saturated carbocycles. The third-order valence-electron chi connectivity index (χ3n) is 3.91. The summed E-state index contributed by atoms with van der Waals surface area (Å²) in [6.45, 7) is 4.15. The maximum atomic E-state index is 12.2. The summed E-state index contributed by atoms with van der Waals surface area (Å²) in [5.74, 6) is -0.0588. The fraction of sp³-hybridized carbons (Fsp3) is 0.529. The lowest BCUT2D eigenvalue weighted by Gasteiger charge is -2.23. The molecule has 0 spiro atoms. The van der Waals surface area contributed by atoms with Crippen molar-refractivity contribution in [2.45, 2.75) is 51.8 Å². The van der Waals surface area contributed by atoms with Gasteiger partial charge in [0.05, 0.1) is 0 Å². The zero-order valence-electron chi connectivity index (χ0n) is 13.2. The van der Waals surface area contributed by atoms with Crippen molar-refractivity contribution in [3.05, 3.63) is 35.9 Å². The van der Waals surface area contributed by atoms with E-state index >= 15 is 0 Å². The third-order valence-corrected chi connectivity index (χ3v) is 3.91. The molecule has 1 aliphatic carbocycles. The Bertz CT molecular complexity index is 500. The van der Waals surface area contributed by atoms with Gasteiger partial charge in [0.1, 0.15) is 12.6 Å². The molecule has 1 aromatic carbocycles. The van der Waals surface area contributed by atoms with E-state index in [1.54, 1.807) is 0 Å². The molecular weight excluding hydrogens is 280 g/mol. The van der Waals surface area contributed by atoms with Crippen LogP contribution in [0.1, 0.15) is 38.7 Å². The Morgan fingerprint density at radius 3 is 2.55 bits per heavy atom. The van der Waals surface area contributed by atoms with Crippen LogP contribution in [0.4, 0.5) is 4.79 Å². The Hall–Kier alpha value is -2.04. The van der Waals surface area contributed by atoms with Crippen LogP contribution in [0.2, 0.25) is 0 Å². The Morgan fingerprint density at radius 1 is 1.27 bits per heavy atom. The van der Waals surface area contributed by atoms with E-state index in [1.165, 1.54) is 0 Å². The summed E-state index contributed by atoms with van der Waals surface area (Å²) in [4.78, 5) is 24.2. The number of carbonyl (C=O) groups is 2. The zero-order chi connectivity index (χ0) is 15.9. The molecule has 2 amide bonds. The summed E-state index contributed by atoms with van der Waals surface area (Å²) in [7, 11) is 0. The Morgan fingerprint density at radius 2 is 1.95 bits per heavy atom. The van der Waals surface area contributed by atoms with Crippen LogP contribution in [-0.2, 0) is 16.1 Å². The van der Waals surface area contributed by atoms with Crippen LogP contribution in [0, 0.1) is 5.92 Å². The van der Waals surface area contributed by atoms with E-state index < -0.39 is 12.1 Å². The molecule has 5 nitrogen and oxygen atoms in total. The summed E-state index contributed by atoms with van der Waals surface area (Å²) in [5.41, 5.74) is 0.917. The van der Waals surface area contributed by atoms with Crippen LogP contribution < -0.4 is 10.6 Å². The summed E-state index contributed by atoms with van der Waals surface area (Å²) in [6.07, 6.45) is 2.30. The number of nitrogens with one attached hydrogen (secondary N) is 2. The molecule has 1 fully saturated rings. The van der Waals surface area contributed by atoms with Gasteiger partial charge in [0.25, 0.3) is 0 Å². The molecule has 0 saturated heterocycles. The number of hydrogen-bond acceptors (Lipinski definition) is 3. The normalized spacial score (nSPS) is 16.5. The fourth-order valence-electron chi connectivity index (χ4n) is 2.11. The second-order valence-corrected chi connectivity index (χ2v) is 5.85. The molecule has 22 heavy (non-hydrogen) atoms. The number of carbonyl (C=O) groups excluding carboxylic acids is 2. The summed E-state index contributed by atoms with van der Waals surface area (Å²) in [6, 6.07) is 9.20. The molecule has 1 aromatic rings. The minimum absolute atomic E-state index is 0.0584. The quantitative estimate of drug-likeness (QED) is 0.813. The van der Waals surface area contributed by atoms with Crippen LogP contribution in [0.25, 0.3) is 0 Å². The summed E-state index contributed by atoms with van der Waals surface area (Å²) in [5, 5.41) is 5.64. The van der Waals surface area contributed by atoms with Crippen molar-refractivity contribution in [1.82, 2.24) is 10.6 Å². The fourth-order valence-corrected chi connectivity index (χ4v) is 2.11. The van der Waals surface area contributed by atoms with Crippen molar-refractivity contribution in [2.24, 2.45) is 5.92 Å². The number of ether oxygens (including phenoxy) is 1. The monoisotopic (exact) mass is 304 g/mol. The SMILES string of the molecule is CC[C@H](C)[C@H](NC(=O)OCc1ccccc1)C(=O)NC1CC1. The first-order valence-corrected chi connectivity index (χ1v) is 7.87. The van der Waals surface area contributed by atoms with E-state index in [0.29, 0.717) is 0 Å². The highest BCUT2D eigenvalue weighted by molar-refractivity contribution is 5.86. The van der Waals surface area contributed by atoms with Gasteiger partial charge in [-0.15, -0.1) is 0 Å². The second kappa shape index (κ2) is 7.82. The molecule has 0 radical (unpaired) electrons. The van der Waals surface area contributed by atoms with Gasteiger partial charge in [-0.3, -0.25) is 4.79 Å². The van der Waals surface area contributed by atoms with Crippen molar-refractivity contribution in [2.75, 3.05) is 0 Å². The first-order valence-electron chi connectivity index (χ1n) is 7.87. The smallest absolute Gasteiger partial charge is 0.408 e. The molecule has 1 aliphatic rings. The van der Waals surface area contributed by atoms with Gasteiger partial charge < -0.3 is 15.4 Å². The number of rotatable bonds is 7. The van der Waals surface area contributed by atoms with Crippen LogP contribution >= 0.6 is 0 Å². The minimum Gasteiger partial charge on any atom is -0.445 e. The molecule has 0 unspecified atom stereocenters. The van der Waals surface area contributed by atoms with Gasteiger partial charge in [-0.25, -0.2) is 4.79 Å². The Labute approximate surface area is 131 Å². The predicted molar refractivity (Wildman–Crippen MR) is 84.2 cm³/mol. The molecule has 0 aliphatic heterocycles. The lowest BCUT2D eigenvalue weighted by atomic mass is 9.98. The second-order valence-electron chi connectivity index (χ2n) is 5.85. The highest BCUT2D eigenvalue weighted by Gasteiger charge is 2.31. The Balaban J connectivity index is 1.85. The summed E-state index contributed by atoms with van der Waals surface area (Å²) < 4.78 is 5.19. The van der Waals surface area contributed by atoms with E-state index in [2.05, 4.69) is 10.6 Å². The summed E-state index contributed by atoms with van der Waals surface area (Å²) >= 11 is 0. The van der Waals surface area contributed by atoms with E-state index in [1.807, 2.05) is 44.2 Å². The minimum atomic E-state index is -0.555. The van der Waals surface area contributed by atoms with Gasteiger partial charge >= 0.3 is 6.09 Å². The lowest BCUT2D eigenvalue weighted by molar-refractivity contribution is -0.124. The third kappa shape index (κ3) is 5.06. The first-order chi connectivity index (χ1) is 10.6. The van der Waals surface area contributed by atoms with Crippen molar-refractivity contribution >= 4 is 12.0 Å². The first kappa shape index (κ1) is 16.3. The molecule has 0 bridgehead atoms. The average molecular weight is 304 g/mol. The van der Waals surface area contributed by atoms with E-state index in [0.717, 1.165) is 24.8 Å². The van der Waals surface area contributed by atoms with E-state index in [9.17, 15) is 9.59 Å². The molecule has 120 valence electrons. The van der Waals surface area contributed by atoms with Gasteiger partial charge in [-0.1, -0.05) is 50.6 Å². The van der Waals surface area contributed by atoms with Crippen molar-refractivity contribution in [3.63, 3.8) is 0 Å². The van der Waals surface area contributed by atoms with Crippen molar-refractivity contribution < 1.29 is 14.3 Å². The highest BCUT2D eigenvalue weighted by Crippen LogP contribution is 2.19. The van der Waals surface area contributed by atoms with Gasteiger partial charge in [0.2, 0.25) is 5.91 Å². The number of alkyl carbamates (subject to hydrolysis) is 1.